The molecule has 0 aromatic heterocycles. The van der Waals surface area contributed by atoms with Crippen molar-refractivity contribution >= 4 is 34.8 Å². The number of amides is 2. The van der Waals surface area contributed by atoms with Crippen molar-refractivity contribution in [2.45, 2.75) is 18.9 Å². The summed E-state index contributed by atoms with van der Waals surface area (Å²) in [5.74, 6) is -0.224. The zero-order valence-corrected chi connectivity index (χ0v) is 22.0. The minimum Gasteiger partial charge on any atom is -0.367 e. The zero-order valence-electron chi connectivity index (χ0n) is 21.2. The Morgan fingerprint density at radius 3 is 2.05 bits per heavy atom. The van der Waals surface area contributed by atoms with Gasteiger partial charge in [0, 0.05) is 50.6 Å². The number of piperazine rings is 1. The van der Waals surface area contributed by atoms with Crippen LogP contribution in [0.3, 0.4) is 0 Å². The molecule has 0 N–H and O–H groups in total. The molecule has 0 spiro atoms. The van der Waals surface area contributed by atoms with E-state index in [1.165, 1.54) is 5.01 Å². The molecule has 0 radical (unpaired) electrons. The van der Waals surface area contributed by atoms with E-state index in [1.54, 1.807) is 24.3 Å². The molecule has 0 atom stereocenters. The van der Waals surface area contributed by atoms with Crippen LogP contribution in [0.25, 0.3) is 0 Å². The Morgan fingerprint density at radius 2 is 1.45 bits per heavy atom. The van der Waals surface area contributed by atoms with Crippen LogP contribution in [0.1, 0.15) is 30.1 Å². The van der Waals surface area contributed by atoms with E-state index < -0.39 is 0 Å². The molecule has 2 aliphatic rings. The summed E-state index contributed by atoms with van der Waals surface area (Å²) in [6.07, 6.45) is 0.501. The molecule has 1 fully saturated rings. The Balaban J connectivity index is 1.14. The monoisotopic (exact) mass is 530 g/mol. The number of hydrogen-bond acceptors (Lipinski definition) is 5. The van der Waals surface area contributed by atoms with Gasteiger partial charge >= 0.3 is 0 Å². The van der Waals surface area contributed by atoms with Crippen LogP contribution in [0.4, 0.5) is 5.69 Å². The van der Waals surface area contributed by atoms with E-state index >= 15 is 0 Å². The average molecular weight is 531 g/mol. The molecule has 0 aliphatic carbocycles. The van der Waals surface area contributed by atoms with Crippen LogP contribution < -0.4 is 5.01 Å². The van der Waals surface area contributed by atoms with E-state index in [-0.39, 0.29) is 24.3 Å². The molecule has 3 aromatic rings. The number of carbonyl (C=O) groups excluding carboxylic acids is 2. The predicted molar refractivity (Wildman–Crippen MR) is 149 cm³/mol. The summed E-state index contributed by atoms with van der Waals surface area (Å²) in [7, 11) is 0. The maximum atomic E-state index is 13.2. The quantitative estimate of drug-likeness (QED) is 0.421. The Hall–Kier alpha value is -3.52. The summed E-state index contributed by atoms with van der Waals surface area (Å²) in [6, 6.07) is 27.4. The zero-order chi connectivity index (χ0) is 26.3. The molecular formula is C30H31ClN4O3. The third-order valence-corrected chi connectivity index (χ3v) is 7.16. The molecule has 0 unspecified atom stereocenters. The van der Waals surface area contributed by atoms with Crippen molar-refractivity contribution in [2.75, 3.05) is 44.3 Å². The minimum absolute atomic E-state index is 0.0967. The van der Waals surface area contributed by atoms with Gasteiger partial charge in [-0.2, -0.15) is 5.10 Å². The first-order chi connectivity index (χ1) is 18.6. The highest BCUT2D eigenvalue weighted by Gasteiger charge is 2.30. The molecule has 8 heteroatoms. The lowest BCUT2D eigenvalue weighted by Gasteiger charge is -2.35. The van der Waals surface area contributed by atoms with Gasteiger partial charge in [-0.25, -0.2) is 5.01 Å². The summed E-state index contributed by atoms with van der Waals surface area (Å²) in [5.41, 5.74) is 3.30. The Labute approximate surface area is 228 Å². The molecule has 196 valence electrons. The number of halogens is 1. The third kappa shape index (κ3) is 6.30. The lowest BCUT2D eigenvalue weighted by atomic mass is 10.0. The van der Waals surface area contributed by atoms with Crippen LogP contribution >= 0.6 is 11.6 Å². The molecule has 3 aromatic carbocycles. The standard InChI is InChI=1S/C30H31ClN4O3/c31-25-11-13-26(14-12-25)35-28(36)16-15-27(32-35)30(37)34-19-17-33(18-20-34)21-22-38-29(23-7-3-1-4-8-23)24-9-5-2-6-10-24/h1-14,29H,15-22H2. The van der Waals surface area contributed by atoms with Gasteiger partial charge in [0.2, 0.25) is 5.91 Å². The first-order valence-corrected chi connectivity index (χ1v) is 13.4. The van der Waals surface area contributed by atoms with E-state index in [0.717, 1.165) is 30.8 Å². The van der Waals surface area contributed by atoms with E-state index in [0.29, 0.717) is 42.5 Å². The van der Waals surface area contributed by atoms with Crippen LogP contribution in [0, 0.1) is 0 Å². The van der Waals surface area contributed by atoms with Gasteiger partial charge in [0.1, 0.15) is 11.8 Å². The Morgan fingerprint density at radius 1 is 0.842 bits per heavy atom. The number of benzene rings is 3. The highest BCUT2D eigenvalue weighted by atomic mass is 35.5. The second kappa shape index (κ2) is 12.3. The van der Waals surface area contributed by atoms with Crippen molar-refractivity contribution in [3.05, 3.63) is 101 Å². The second-order valence-corrected chi connectivity index (χ2v) is 9.87. The van der Waals surface area contributed by atoms with E-state index in [1.807, 2.05) is 41.3 Å². The molecule has 2 amide bonds. The van der Waals surface area contributed by atoms with Gasteiger partial charge in [0.25, 0.3) is 5.91 Å². The topological polar surface area (TPSA) is 65.5 Å². The Kier molecular flexibility index (Phi) is 8.48. The number of nitrogens with zero attached hydrogens (tertiary/aromatic N) is 4. The van der Waals surface area contributed by atoms with E-state index in [9.17, 15) is 9.59 Å². The van der Waals surface area contributed by atoms with Crippen molar-refractivity contribution in [1.82, 2.24) is 9.80 Å². The molecule has 7 nitrogen and oxygen atoms in total. The van der Waals surface area contributed by atoms with Crippen molar-refractivity contribution < 1.29 is 14.3 Å². The molecule has 0 bridgehead atoms. The van der Waals surface area contributed by atoms with Crippen molar-refractivity contribution in [1.29, 1.82) is 0 Å². The molecule has 5 rings (SSSR count). The number of carbonyl (C=O) groups is 2. The van der Waals surface area contributed by atoms with Gasteiger partial charge in [0.05, 0.1) is 12.3 Å². The molecule has 38 heavy (non-hydrogen) atoms. The van der Waals surface area contributed by atoms with Gasteiger partial charge in [-0.05, 0) is 35.4 Å². The van der Waals surface area contributed by atoms with Crippen molar-refractivity contribution in [2.24, 2.45) is 5.10 Å². The van der Waals surface area contributed by atoms with E-state index in [2.05, 4.69) is 34.3 Å². The minimum atomic E-state index is -0.127. The number of hydrazone groups is 1. The fraction of sp³-hybridized carbons (Fsp3) is 0.300. The van der Waals surface area contributed by atoms with Gasteiger partial charge in [-0.1, -0.05) is 72.3 Å². The summed E-state index contributed by atoms with van der Waals surface area (Å²) in [5, 5.41) is 6.31. The number of ether oxygens (including phenoxy) is 1. The first kappa shape index (κ1) is 26.1. The highest BCUT2D eigenvalue weighted by Crippen LogP contribution is 2.26. The number of rotatable bonds is 8. The Bertz CT molecular complexity index is 1220. The highest BCUT2D eigenvalue weighted by molar-refractivity contribution is 6.40. The first-order valence-electron chi connectivity index (χ1n) is 13.0. The van der Waals surface area contributed by atoms with Crippen LogP contribution in [0.2, 0.25) is 5.02 Å². The summed E-state index contributed by atoms with van der Waals surface area (Å²) in [4.78, 5) is 29.8. The lowest BCUT2D eigenvalue weighted by molar-refractivity contribution is -0.126. The maximum absolute atomic E-state index is 13.2. The van der Waals surface area contributed by atoms with Crippen LogP contribution in [0.5, 0.6) is 0 Å². The predicted octanol–water partition coefficient (Wildman–Crippen LogP) is 4.77. The largest absolute Gasteiger partial charge is 0.367 e. The van der Waals surface area contributed by atoms with Crippen LogP contribution in [-0.2, 0) is 14.3 Å². The third-order valence-electron chi connectivity index (χ3n) is 6.91. The van der Waals surface area contributed by atoms with Gasteiger partial charge in [-0.15, -0.1) is 0 Å². The summed E-state index contributed by atoms with van der Waals surface area (Å²) >= 11 is 5.97. The SMILES string of the molecule is O=C(C1=NN(c2ccc(Cl)cc2)C(=O)CC1)N1CCN(CCOC(c2ccccc2)c2ccccc2)CC1. The normalized spacial score (nSPS) is 16.6. The van der Waals surface area contributed by atoms with Gasteiger partial charge in [0.15, 0.2) is 0 Å². The lowest BCUT2D eigenvalue weighted by Crippen LogP contribution is -2.52. The van der Waals surface area contributed by atoms with Crippen LogP contribution in [-0.4, -0.2) is 66.7 Å². The molecule has 2 heterocycles. The van der Waals surface area contributed by atoms with Gasteiger partial charge in [-0.3, -0.25) is 14.5 Å². The second-order valence-electron chi connectivity index (χ2n) is 9.43. The molecular weight excluding hydrogens is 500 g/mol. The van der Waals surface area contributed by atoms with Gasteiger partial charge < -0.3 is 9.64 Å². The molecule has 1 saturated heterocycles. The van der Waals surface area contributed by atoms with Crippen LogP contribution in [0.15, 0.2) is 90.0 Å². The fourth-order valence-electron chi connectivity index (χ4n) is 4.79. The number of hydrogen-bond donors (Lipinski definition) is 0. The summed E-state index contributed by atoms with van der Waals surface area (Å²) in [6.45, 7) is 4.15. The smallest absolute Gasteiger partial charge is 0.270 e. The average Bonchev–Trinajstić information content (AvgIpc) is 2.97. The van der Waals surface area contributed by atoms with Crippen molar-refractivity contribution in [3.8, 4) is 0 Å². The summed E-state index contributed by atoms with van der Waals surface area (Å²) < 4.78 is 6.37. The molecule has 2 aliphatic heterocycles. The fourth-order valence-corrected chi connectivity index (χ4v) is 4.91. The molecule has 0 saturated carbocycles. The van der Waals surface area contributed by atoms with E-state index in [4.69, 9.17) is 16.3 Å². The number of anilines is 1. The maximum Gasteiger partial charge on any atom is 0.270 e. The van der Waals surface area contributed by atoms with Crippen molar-refractivity contribution in [3.63, 3.8) is 0 Å².